The number of aryl methyl sites for hydroxylation is 1. The molecule has 1 aliphatic heterocycles. The number of nitrogens with one attached hydrogen (secondary N) is 1. The van der Waals surface area contributed by atoms with Crippen LogP contribution in [0.3, 0.4) is 0 Å². The van der Waals surface area contributed by atoms with Crippen molar-refractivity contribution in [3.63, 3.8) is 0 Å². The van der Waals surface area contributed by atoms with Crippen molar-refractivity contribution in [2.45, 2.75) is 12.8 Å². The molecular weight excluding hydrogens is 314 g/mol. The van der Waals surface area contributed by atoms with Crippen LogP contribution in [0.15, 0.2) is 42.7 Å². The Morgan fingerprint density at radius 2 is 2.13 bits per heavy atom. The number of fused-ring (bicyclic) bond motifs is 1. The van der Waals surface area contributed by atoms with E-state index in [4.69, 9.17) is 0 Å². The van der Waals surface area contributed by atoms with Crippen LogP contribution in [0.25, 0.3) is 0 Å². The first-order valence-electron chi connectivity index (χ1n) is 7.27. The monoisotopic (exact) mass is 331 g/mol. The summed E-state index contributed by atoms with van der Waals surface area (Å²) in [5.74, 6) is -0.278. The second-order valence-corrected chi connectivity index (χ2v) is 7.38. The molecule has 3 rings (SSSR count). The van der Waals surface area contributed by atoms with Crippen LogP contribution < -0.4 is 9.62 Å². The van der Waals surface area contributed by atoms with Gasteiger partial charge in [0, 0.05) is 24.6 Å². The molecule has 23 heavy (non-hydrogen) atoms. The van der Waals surface area contributed by atoms with Crippen LogP contribution >= 0.6 is 0 Å². The fraction of sp³-hybridized carbons (Fsp3) is 0.250. The van der Waals surface area contributed by atoms with E-state index < -0.39 is 10.0 Å². The van der Waals surface area contributed by atoms with Crippen LogP contribution in [0.5, 0.6) is 0 Å². The third kappa shape index (κ3) is 3.34. The van der Waals surface area contributed by atoms with E-state index in [-0.39, 0.29) is 5.91 Å². The maximum Gasteiger partial charge on any atom is 0.257 e. The molecule has 0 saturated carbocycles. The van der Waals surface area contributed by atoms with E-state index in [2.05, 4.69) is 10.3 Å². The first kappa shape index (κ1) is 15.5. The fourth-order valence-electron chi connectivity index (χ4n) is 2.66. The van der Waals surface area contributed by atoms with E-state index in [0.29, 0.717) is 23.5 Å². The van der Waals surface area contributed by atoms with Crippen molar-refractivity contribution in [1.82, 2.24) is 4.98 Å². The van der Waals surface area contributed by atoms with Gasteiger partial charge in [-0.25, -0.2) is 8.42 Å². The van der Waals surface area contributed by atoms with Gasteiger partial charge >= 0.3 is 0 Å². The molecule has 1 aromatic carbocycles. The maximum absolute atomic E-state index is 12.2. The first-order valence-corrected chi connectivity index (χ1v) is 9.12. The third-order valence-corrected chi connectivity index (χ3v) is 4.92. The minimum absolute atomic E-state index is 0.278. The molecule has 0 radical (unpaired) electrons. The number of amides is 1. The Balaban J connectivity index is 1.90. The summed E-state index contributed by atoms with van der Waals surface area (Å²) in [7, 11) is -3.33. The zero-order valence-electron chi connectivity index (χ0n) is 12.7. The van der Waals surface area contributed by atoms with Crippen molar-refractivity contribution in [3.8, 4) is 0 Å². The summed E-state index contributed by atoms with van der Waals surface area (Å²) in [4.78, 5) is 16.1. The molecule has 0 spiro atoms. The smallest absolute Gasteiger partial charge is 0.257 e. The maximum atomic E-state index is 12.2. The summed E-state index contributed by atoms with van der Waals surface area (Å²) >= 11 is 0. The number of pyridine rings is 1. The molecule has 6 nitrogen and oxygen atoms in total. The zero-order valence-corrected chi connectivity index (χ0v) is 13.5. The molecule has 0 atom stereocenters. The normalized spacial score (nSPS) is 14.2. The Morgan fingerprint density at radius 3 is 2.83 bits per heavy atom. The van der Waals surface area contributed by atoms with Crippen molar-refractivity contribution in [3.05, 3.63) is 53.9 Å². The minimum atomic E-state index is -3.33. The van der Waals surface area contributed by atoms with Crippen molar-refractivity contribution >= 4 is 27.3 Å². The minimum Gasteiger partial charge on any atom is -0.322 e. The van der Waals surface area contributed by atoms with Gasteiger partial charge in [-0.1, -0.05) is 6.07 Å². The summed E-state index contributed by atoms with van der Waals surface area (Å²) in [6, 6.07) is 8.73. The molecule has 2 aromatic rings. The van der Waals surface area contributed by atoms with Crippen LogP contribution in [0.1, 0.15) is 22.3 Å². The van der Waals surface area contributed by atoms with E-state index in [1.807, 2.05) is 6.07 Å². The quantitative estimate of drug-likeness (QED) is 0.933. The number of hydrogen-bond acceptors (Lipinski definition) is 4. The number of nitrogens with zero attached hydrogens (tertiary/aromatic N) is 2. The van der Waals surface area contributed by atoms with Crippen LogP contribution in [0.4, 0.5) is 11.4 Å². The molecule has 0 fully saturated rings. The molecule has 0 aliphatic carbocycles. The Hall–Kier alpha value is -2.41. The van der Waals surface area contributed by atoms with Gasteiger partial charge in [0.2, 0.25) is 10.0 Å². The van der Waals surface area contributed by atoms with Crippen molar-refractivity contribution in [2.75, 3.05) is 22.4 Å². The van der Waals surface area contributed by atoms with Gasteiger partial charge in [-0.05, 0) is 42.7 Å². The van der Waals surface area contributed by atoms with Crippen molar-refractivity contribution < 1.29 is 13.2 Å². The standard InChI is InChI=1S/C16H17N3O3S/c1-23(21,22)19-9-3-5-12-6-7-14(10-15(12)19)18-16(20)13-4-2-8-17-11-13/h2,4,6-8,10-11H,3,5,9H2,1H3,(H,18,20). The van der Waals surface area contributed by atoms with Crippen molar-refractivity contribution in [2.24, 2.45) is 0 Å². The average Bonchev–Trinajstić information content (AvgIpc) is 2.54. The molecular formula is C16H17N3O3S. The number of sulfonamides is 1. The van der Waals surface area contributed by atoms with E-state index in [1.54, 1.807) is 30.5 Å². The number of anilines is 2. The highest BCUT2D eigenvalue weighted by Crippen LogP contribution is 2.31. The van der Waals surface area contributed by atoms with Gasteiger partial charge in [-0.15, -0.1) is 0 Å². The lowest BCUT2D eigenvalue weighted by Crippen LogP contribution is -2.34. The zero-order chi connectivity index (χ0) is 16.4. The molecule has 1 aromatic heterocycles. The molecule has 120 valence electrons. The second kappa shape index (κ2) is 6.00. The van der Waals surface area contributed by atoms with Gasteiger partial charge in [0.05, 0.1) is 17.5 Å². The summed E-state index contributed by atoms with van der Waals surface area (Å²) in [6.45, 7) is 0.464. The topological polar surface area (TPSA) is 79.4 Å². The highest BCUT2D eigenvalue weighted by molar-refractivity contribution is 7.92. The third-order valence-electron chi connectivity index (χ3n) is 3.74. The van der Waals surface area contributed by atoms with Crippen LogP contribution in [-0.2, 0) is 16.4 Å². The molecule has 1 N–H and O–H groups in total. The number of aromatic nitrogens is 1. The molecule has 0 saturated heterocycles. The number of benzene rings is 1. The van der Waals surface area contributed by atoms with Crippen molar-refractivity contribution in [1.29, 1.82) is 0 Å². The molecule has 7 heteroatoms. The summed E-state index contributed by atoms with van der Waals surface area (Å²) < 4.78 is 25.3. The van der Waals surface area contributed by atoms with Gasteiger partial charge in [0.1, 0.15) is 0 Å². The Morgan fingerprint density at radius 1 is 1.30 bits per heavy atom. The lowest BCUT2D eigenvalue weighted by atomic mass is 10.0. The lowest BCUT2D eigenvalue weighted by Gasteiger charge is -2.29. The van der Waals surface area contributed by atoms with Gasteiger partial charge < -0.3 is 5.32 Å². The summed E-state index contributed by atoms with van der Waals surface area (Å²) in [6.07, 6.45) is 5.90. The predicted octanol–water partition coefficient (Wildman–Crippen LogP) is 2.05. The van der Waals surface area contributed by atoms with Crippen LogP contribution in [0.2, 0.25) is 0 Å². The van der Waals surface area contributed by atoms with Crippen LogP contribution in [0, 0.1) is 0 Å². The highest BCUT2D eigenvalue weighted by Gasteiger charge is 2.24. The van der Waals surface area contributed by atoms with Gasteiger partial charge in [0.15, 0.2) is 0 Å². The number of carbonyl (C=O) groups excluding carboxylic acids is 1. The van der Waals surface area contributed by atoms with E-state index >= 15 is 0 Å². The second-order valence-electron chi connectivity index (χ2n) is 5.48. The number of rotatable bonds is 3. The number of carbonyl (C=O) groups is 1. The molecule has 1 amide bonds. The molecule has 1 aliphatic rings. The first-order chi connectivity index (χ1) is 10.9. The fourth-order valence-corrected chi connectivity index (χ4v) is 3.65. The number of hydrogen-bond donors (Lipinski definition) is 1. The largest absolute Gasteiger partial charge is 0.322 e. The molecule has 0 bridgehead atoms. The van der Waals surface area contributed by atoms with Gasteiger partial charge in [-0.3, -0.25) is 14.1 Å². The van der Waals surface area contributed by atoms with E-state index in [1.165, 1.54) is 16.8 Å². The lowest BCUT2D eigenvalue weighted by molar-refractivity contribution is 0.102. The Kier molecular flexibility index (Phi) is 4.04. The van der Waals surface area contributed by atoms with Gasteiger partial charge in [0.25, 0.3) is 5.91 Å². The highest BCUT2D eigenvalue weighted by atomic mass is 32.2. The Bertz CT molecular complexity index is 835. The summed E-state index contributed by atoms with van der Waals surface area (Å²) in [5, 5.41) is 2.78. The predicted molar refractivity (Wildman–Crippen MR) is 89.1 cm³/mol. The molecule has 2 heterocycles. The van der Waals surface area contributed by atoms with Gasteiger partial charge in [-0.2, -0.15) is 0 Å². The van der Waals surface area contributed by atoms with Crippen LogP contribution in [-0.4, -0.2) is 32.1 Å². The molecule has 0 unspecified atom stereocenters. The van der Waals surface area contributed by atoms with E-state index in [9.17, 15) is 13.2 Å². The summed E-state index contributed by atoms with van der Waals surface area (Å²) in [5.41, 5.74) is 2.63. The average molecular weight is 331 g/mol. The Labute approximate surface area is 135 Å². The van der Waals surface area contributed by atoms with E-state index in [0.717, 1.165) is 18.4 Å². The SMILES string of the molecule is CS(=O)(=O)N1CCCc2ccc(NC(=O)c3cccnc3)cc21.